The third-order valence-electron chi connectivity index (χ3n) is 6.29. The van der Waals surface area contributed by atoms with Crippen LogP contribution in [-0.2, 0) is 6.54 Å². The van der Waals surface area contributed by atoms with Crippen LogP contribution in [0.3, 0.4) is 0 Å². The minimum Gasteiger partial charge on any atom is -0.478 e. The summed E-state index contributed by atoms with van der Waals surface area (Å²) in [5.41, 5.74) is 3.04. The average Bonchev–Trinajstić information content (AvgIpc) is 3.50. The van der Waals surface area contributed by atoms with Gasteiger partial charge in [0.2, 0.25) is 0 Å². The number of nitrogens with one attached hydrogen (secondary N) is 1. The molecular formula is C24H30N2O2. The molecule has 4 nitrogen and oxygen atoms in total. The third kappa shape index (κ3) is 5.00. The Balaban J connectivity index is 1.13. The van der Waals surface area contributed by atoms with Crippen molar-refractivity contribution in [1.82, 2.24) is 10.2 Å². The van der Waals surface area contributed by atoms with E-state index in [4.69, 9.17) is 5.11 Å². The Morgan fingerprint density at radius 2 is 1.75 bits per heavy atom. The zero-order valence-electron chi connectivity index (χ0n) is 16.4. The molecule has 1 saturated carbocycles. The van der Waals surface area contributed by atoms with E-state index in [1.165, 1.54) is 36.8 Å². The molecule has 0 spiro atoms. The number of hydrogen-bond acceptors (Lipinski definition) is 3. The number of hydrogen-bond donors (Lipinski definition) is 2. The van der Waals surface area contributed by atoms with Gasteiger partial charge in [-0.1, -0.05) is 42.5 Å². The summed E-state index contributed by atoms with van der Waals surface area (Å²) in [7, 11) is 0. The SMILES string of the molecule is O=C(O)c1ccc(CN2CCC(CCN[C@H]3CC3c3ccccc3)CC2)cc1. The van der Waals surface area contributed by atoms with Gasteiger partial charge in [0.25, 0.3) is 0 Å². The number of rotatable bonds is 8. The maximum Gasteiger partial charge on any atom is 0.335 e. The molecule has 2 atom stereocenters. The summed E-state index contributed by atoms with van der Waals surface area (Å²) in [6, 6.07) is 18.8. The predicted octanol–water partition coefficient (Wildman–Crippen LogP) is 4.13. The van der Waals surface area contributed by atoms with E-state index in [2.05, 4.69) is 40.5 Å². The predicted molar refractivity (Wildman–Crippen MR) is 112 cm³/mol. The molecule has 4 heteroatoms. The maximum absolute atomic E-state index is 10.9. The van der Waals surface area contributed by atoms with E-state index in [1.54, 1.807) is 12.1 Å². The van der Waals surface area contributed by atoms with Crippen molar-refractivity contribution in [2.24, 2.45) is 5.92 Å². The fraction of sp³-hybridized carbons (Fsp3) is 0.458. The molecule has 0 radical (unpaired) electrons. The molecule has 2 fully saturated rings. The van der Waals surface area contributed by atoms with Crippen LogP contribution in [0, 0.1) is 5.92 Å². The highest BCUT2D eigenvalue weighted by Crippen LogP contribution is 2.40. The number of carbonyl (C=O) groups is 1. The topological polar surface area (TPSA) is 52.6 Å². The van der Waals surface area contributed by atoms with E-state index >= 15 is 0 Å². The van der Waals surface area contributed by atoms with Gasteiger partial charge in [-0.15, -0.1) is 0 Å². The second-order valence-corrected chi connectivity index (χ2v) is 8.32. The van der Waals surface area contributed by atoms with Gasteiger partial charge in [-0.05, 0) is 74.5 Å². The Morgan fingerprint density at radius 3 is 2.43 bits per heavy atom. The summed E-state index contributed by atoms with van der Waals surface area (Å²) in [5, 5.41) is 12.7. The summed E-state index contributed by atoms with van der Waals surface area (Å²) in [4.78, 5) is 13.4. The molecule has 2 aliphatic rings. The molecule has 0 amide bonds. The number of aromatic carboxylic acids is 1. The summed E-state index contributed by atoms with van der Waals surface area (Å²) in [5.74, 6) is 0.685. The minimum absolute atomic E-state index is 0.361. The molecule has 0 bridgehead atoms. The van der Waals surface area contributed by atoms with Crippen molar-refractivity contribution >= 4 is 5.97 Å². The van der Waals surface area contributed by atoms with Crippen molar-refractivity contribution in [2.45, 2.75) is 44.2 Å². The van der Waals surface area contributed by atoms with Crippen LogP contribution in [0.4, 0.5) is 0 Å². The van der Waals surface area contributed by atoms with Crippen LogP contribution in [0.25, 0.3) is 0 Å². The van der Waals surface area contributed by atoms with Crippen LogP contribution < -0.4 is 5.32 Å². The van der Waals surface area contributed by atoms with Crippen LogP contribution >= 0.6 is 0 Å². The van der Waals surface area contributed by atoms with Gasteiger partial charge in [0.1, 0.15) is 0 Å². The van der Waals surface area contributed by atoms with Crippen LogP contribution in [0.15, 0.2) is 54.6 Å². The van der Waals surface area contributed by atoms with Gasteiger partial charge in [0.05, 0.1) is 5.56 Å². The van der Waals surface area contributed by atoms with Crippen LogP contribution in [0.2, 0.25) is 0 Å². The summed E-state index contributed by atoms with van der Waals surface area (Å²) in [6.07, 6.45) is 5.09. The van der Waals surface area contributed by atoms with Crippen molar-refractivity contribution in [3.63, 3.8) is 0 Å². The highest BCUT2D eigenvalue weighted by molar-refractivity contribution is 5.87. The van der Waals surface area contributed by atoms with Crippen LogP contribution in [-0.4, -0.2) is 41.7 Å². The summed E-state index contributed by atoms with van der Waals surface area (Å²) >= 11 is 0. The molecule has 1 aliphatic carbocycles. The lowest BCUT2D eigenvalue weighted by molar-refractivity contribution is 0.0697. The molecule has 1 heterocycles. The normalized spacial score (nSPS) is 22.9. The average molecular weight is 379 g/mol. The van der Waals surface area contributed by atoms with Gasteiger partial charge >= 0.3 is 5.97 Å². The van der Waals surface area contributed by atoms with E-state index in [1.807, 2.05) is 12.1 Å². The van der Waals surface area contributed by atoms with E-state index in [9.17, 15) is 4.79 Å². The van der Waals surface area contributed by atoms with Crippen LogP contribution in [0.1, 0.15) is 53.1 Å². The molecule has 4 rings (SSSR count). The van der Waals surface area contributed by atoms with Gasteiger partial charge in [-0.2, -0.15) is 0 Å². The Hall–Kier alpha value is -2.17. The van der Waals surface area contributed by atoms with E-state index in [-0.39, 0.29) is 0 Å². The second-order valence-electron chi connectivity index (χ2n) is 8.32. The quantitative estimate of drug-likeness (QED) is 0.725. The Bertz CT molecular complexity index is 767. The van der Waals surface area contributed by atoms with E-state index in [0.717, 1.165) is 38.0 Å². The first-order valence-corrected chi connectivity index (χ1v) is 10.5. The van der Waals surface area contributed by atoms with E-state index in [0.29, 0.717) is 11.6 Å². The first-order chi connectivity index (χ1) is 13.7. The number of carboxylic acids is 1. The summed E-state index contributed by atoms with van der Waals surface area (Å²) in [6.45, 7) is 4.34. The molecule has 1 saturated heterocycles. The van der Waals surface area contributed by atoms with Gasteiger partial charge in [0, 0.05) is 18.5 Å². The van der Waals surface area contributed by atoms with Crippen molar-refractivity contribution in [1.29, 1.82) is 0 Å². The molecule has 2 aromatic carbocycles. The van der Waals surface area contributed by atoms with Gasteiger partial charge < -0.3 is 10.4 Å². The van der Waals surface area contributed by atoms with Gasteiger partial charge in [-0.3, -0.25) is 4.90 Å². The second kappa shape index (κ2) is 8.89. The lowest BCUT2D eigenvalue weighted by Gasteiger charge is -2.32. The first kappa shape index (κ1) is 19.2. The number of likely N-dealkylation sites (tertiary alicyclic amines) is 1. The molecule has 1 unspecified atom stereocenters. The van der Waals surface area contributed by atoms with Crippen molar-refractivity contribution in [2.75, 3.05) is 19.6 Å². The largest absolute Gasteiger partial charge is 0.478 e. The fourth-order valence-electron chi connectivity index (χ4n) is 4.41. The molecule has 2 aromatic rings. The number of nitrogens with zero attached hydrogens (tertiary/aromatic N) is 1. The zero-order valence-corrected chi connectivity index (χ0v) is 16.4. The minimum atomic E-state index is -0.859. The van der Waals surface area contributed by atoms with E-state index < -0.39 is 5.97 Å². The smallest absolute Gasteiger partial charge is 0.335 e. The molecule has 1 aliphatic heterocycles. The first-order valence-electron chi connectivity index (χ1n) is 10.5. The summed E-state index contributed by atoms with van der Waals surface area (Å²) < 4.78 is 0. The van der Waals surface area contributed by atoms with Crippen molar-refractivity contribution in [3.05, 3.63) is 71.3 Å². The highest BCUT2D eigenvalue weighted by Gasteiger charge is 2.37. The van der Waals surface area contributed by atoms with Crippen molar-refractivity contribution in [3.8, 4) is 0 Å². The number of benzene rings is 2. The van der Waals surface area contributed by atoms with Crippen molar-refractivity contribution < 1.29 is 9.90 Å². The highest BCUT2D eigenvalue weighted by atomic mass is 16.4. The molecule has 0 aromatic heterocycles. The molecule has 28 heavy (non-hydrogen) atoms. The number of piperidine rings is 1. The third-order valence-corrected chi connectivity index (χ3v) is 6.29. The lowest BCUT2D eigenvalue weighted by atomic mass is 9.93. The lowest BCUT2D eigenvalue weighted by Crippen LogP contribution is -2.34. The molecular weight excluding hydrogens is 348 g/mol. The Kier molecular flexibility index (Phi) is 6.08. The fourth-order valence-corrected chi connectivity index (χ4v) is 4.41. The number of carboxylic acid groups (broad SMARTS) is 1. The monoisotopic (exact) mass is 378 g/mol. The zero-order chi connectivity index (χ0) is 19.3. The standard InChI is InChI=1S/C24H30N2O2/c27-24(28)21-8-6-19(7-9-21)17-26-14-11-18(12-15-26)10-13-25-23-16-22(23)20-4-2-1-3-5-20/h1-9,18,22-23,25H,10-17H2,(H,27,28)/t22?,23-/m0/s1. The Morgan fingerprint density at radius 1 is 1.04 bits per heavy atom. The molecule has 148 valence electrons. The van der Waals surface area contributed by atoms with Gasteiger partial charge in [-0.25, -0.2) is 4.79 Å². The van der Waals surface area contributed by atoms with Crippen LogP contribution in [0.5, 0.6) is 0 Å². The van der Waals surface area contributed by atoms with Gasteiger partial charge in [0.15, 0.2) is 0 Å². The molecule has 2 N–H and O–H groups in total. The maximum atomic E-state index is 10.9. The Labute approximate surface area is 167 Å².